The number of hydrogen-bond acceptors (Lipinski definition) is 2. The highest BCUT2D eigenvalue weighted by atomic mass is 19.3. The van der Waals surface area contributed by atoms with Crippen molar-refractivity contribution in [1.29, 1.82) is 0 Å². The fourth-order valence-electron chi connectivity index (χ4n) is 1.89. The number of rotatable bonds is 3. The molecule has 4 heteroatoms. The summed E-state index contributed by atoms with van der Waals surface area (Å²) >= 11 is 0. The van der Waals surface area contributed by atoms with Gasteiger partial charge in [0.15, 0.2) is 0 Å². The van der Waals surface area contributed by atoms with Crippen LogP contribution in [0, 0.1) is 11.8 Å². The Morgan fingerprint density at radius 2 is 2.13 bits per heavy atom. The molecular weight excluding hydrogens is 200 g/mol. The van der Waals surface area contributed by atoms with E-state index >= 15 is 0 Å². The standard InChI is InChI=1S/C11H19F2NO/c1-8(2)10(15)6-9-4-5-14(3)7-11(9,12)13/h8-9H,4-7H2,1-3H3. The zero-order valence-corrected chi connectivity index (χ0v) is 9.59. The van der Waals surface area contributed by atoms with Crippen LogP contribution >= 0.6 is 0 Å². The van der Waals surface area contributed by atoms with Crippen LogP contribution < -0.4 is 0 Å². The largest absolute Gasteiger partial charge is 0.301 e. The highest BCUT2D eigenvalue weighted by Crippen LogP contribution is 2.35. The Morgan fingerprint density at radius 3 is 2.60 bits per heavy atom. The van der Waals surface area contributed by atoms with Crippen molar-refractivity contribution in [3.05, 3.63) is 0 Å². The van der Waals surface area contributed by atoms with E-state index in [9.17, 15) is 13.6 Å². The van der Waals surface area contributed by atoms with Crippen LogP contribution in [-0.4, -0.2) is 36.7 Å². The van der Waals surface area contributed by atoms with E-state index in [1.165, 1.54) is 0 Å². The molecule has 1 fully saturated rings. The summed E-state index contributed by atoms with van der Waals surface area (Å²) in [5.41, 5.74) is 0. The number of ketones is 1. The molecule has 0 N–H and O–H groups in total. The van der Waals surface area contributed by atoms with Crippen molar-refractivity contribution in [2.45, 2.75) is 32.6 Å². The van der Waals surface area contributed by atoms with E-state index in [0.29, 0.717) is 13.0 Å². The van der Waals surface area contributed by atoms with Crippen molar-refractivity contribution >= 4 is 5.78 Å². The van der Waals surface area contributed by atoms with Crippen molar-refractivity contribution in [3.63, 3.8) is 0 Å². The molecule has 0 saturated carbocycles. The molecule has 0 spiro atoms. The van der Waals surface area contributed by atoms with Crippen molar-refractivity contribution < 1.29 is 13.6 Å². The minimum absolute atomic E-state index is 0.0263. The molecule has 0 aliphatic carbocycles. The Balaban J connectivity index is 2.58. The zero-order chi connectivity index (χ0) is 11.6. The molecule has 0 amide bonds. The quantitative estimate of drug-likeness (QED) is 0.725. The van der Waals surface area contributed by atoms with E-state index < -0.39 is 11.8 Å². The SMILES string of the molecule is CC(C)C(=O)CC1CCN(C)CC1(F)F. The average Bonchev–Trinajstić information content (AvgIpc) is 2.08. The number of halogens is 2. The number of carbonyl (C=O) groups is 1. The number of carbonyl (C=O) groups excluding carboxylic acids is 1. The molecular formula is C11H19F2NO. The van der Waals surface area contributed by atoms with Gasteiger partial charge in [-0.2, -0.15) is 0 Å². The van der Waals surface area contributed by atoms with Crippen LogP contribution in [0.5, 0.6) is 0 Å². The van der Waals surface area contributed by atoms with E-state index in [4.69, 9.17) is 0 Å². The topological polar surface area (TPSA) is 20.3 Å². The predicted octanol–water partition coefficient (Wildman–Crippen LogP) is 2.19. The second-order valence-corrected chi connectivity index (χ2v) is 4.81. The van der Waals surface area contributed by atoms with Gasteiger partial charge in [-0.1, -0.05) is 13.8 Å². The Bertz CT molecular complexity index is 241. The predicted molar refractivity (Wildman–Crippen MR) is 55.0 cm³/mol. The Labute approximate surface area is 89.6 Å². The molecule has 1 rings (SSSR count). The third kappa shape index (κ3) is 3.23. The number of Topliss-reactive ketones (excluding diaryl/α,β-unsaturated/α-hetero) is 1. The molecule has 0 aromatic rings. The summed E-state index contributed by atoms with van der Waals surface area (Å²) < 4.78 is 27.1. The number of nitrogens with zero attached hydrogens (tertiary/aromatic N) is 1. The number of piperidine rings is 1. The van der Waals surface area contributed by atoms with Crippen LogP contribution in [0.2, 0.25) is 0 Å². The number of likely N-dealkylation sites (tertiary alicyclic amines) is 1. The van der Waals surface area contributed by atoms with E-state index in [2.05, 4.69) is 0 Å². The minimum Gasteiger partial charge on any atom is -0.301 e. The first kappa shape index (κ1) is 12.6. The fraction of sp³-hybridized carbons (Fsp3) is 0.909. The van der Waals surface area contributed by atoms with E-state index in [0.717, 1.165) is 0 Å². The molecule has 1 aliphatic rings. The maximum Gasteiger partial charge on any atom is 0.263 e. The van der Waals surface area contributed by atoms with Gasteiger partial charge in [0.25, 0.3) is 5.92 Å². The van der Waals surface area contributed by atoms with Gasteiger partial charge in [0.1, 0.15) is 5.78 Å². The van der Waals surface area contributed by atoms with Crippen LogP contribution in [0.15, 0.2) is 0 Å². The fourth-order valence-corrected chi connectivity index (χ4v) is 1.89. The van der Waals surface area contributed by atoms with Crippen molar-refractivity contribution in [3.8, 4) is 0 Å². The molecule has 0 bridgehead atoms. The van der Waals surface area contributed by atoms with Crippen LogP contribution in [0.1, 0.15) is 26.7 Å². The molecule has 2 nitrogen and oxygen atoms in total. The van der Waals surface area contributed by atoms with E-state index in [1.807, 2.05) is 0 Å². The zero-order valence-electron chi connectivity index (χ0n) is 9.59. The van der Waals surface area contributed by atoms with E-state index in [1.54, 1.807) is 25.8 Å². The van der Waals surface area contributed by atoms with Gasteiger partial charge in [-0.15, -0.1) is 0 Å². The molecule has 1 aliphatic heterocycles. The lowest BCUT2D eigenvalue weighted by Crippen LogP contribution is -2.47. The van der Waals surface area contributed by atoms with Gasteiger partial charge in [-0.3, -0.25) is 4.79 Å². The van der Waals surface area contributed by atoms with Crippen molar-refractivity contribution in [2.24, 2.45) is 11.8 Å². The van der Waals surface area contributed by atoms with Gasteiger partial charge >= 0.3 is 0 Å². The minimum atomic E-state index is -2.71. The first-order valence-electron chi connectivity index (χ1n) is 5.42. The van der Waals surface area contributed by atoms with Gasteiger partial charge in [0, 0.05) is 18.3 Å². The normalized spacial score (nSPS) is 26.9. The monoisotopic (exact) mass is 219 g/mol. The number of hydrogen-bond donors (Lipinski definition) is 0. The molecule has 0 aromatic carbocycles. The van der Waals surface area contributed by atoms with Crippen LogP contribution in [-0.2, 0) is 4.79 Å². The van der Waals surface area contributed by atoms with Gasteiger partial charge in [-0.25, -0.2) is 8.78 Å². The Kier molecular flexibility index (Phi) is 3.82. The molecule has 1 unspecified atom stereocenters. The highest BCUT2D eigenvalue weighted by molar-refractivity contribution is 5.80. The molecule has 15 heavy (non-hydrogen) atoms. The maximum atomic E-state index is 13.5. The van der Waals surface area contributed by atoms with Crippen LogP contribution in [0.4, 0.5) is 8.78 Å². The summed E-state index contributed by atoms with van der Waals surface area (Å²) in [6.07, 6.45) is 0.445. The lowest BCUT2D eigenvalue weighted by molar-refractivity contribution is -0.135. The van der Waals surface area contributed by atoms with Gasteiger partial charge < -0.3 is 4.90 Å². The summed E-state index contributed by atoms with van der Waals surface area (Å²) in [5.74, 6) is -3.66. The van der Waals surface area contributed by atoms with Gasteiger partial charge in [-0.05, 0) is 20.0 Å². The van der Waals surface area contributed by atoms with E-state index in [-0.39, 0.29) is 24.7 Å². The van der Waals surface area contributed by atoms with Crippen LogP contribution in [0.3, 0.4) is 0 Å². The van der Waals surface area contributed by atoms with Crippen LogP contribution in [0.25, 0.3) is 0 Å². The van der Waals surface area contributed by atoms with Crippen molar-refractivity contribution in [2.75, 3.05) is 20.1 Å². The summed E-state index contributed by atoms with van der Waals surface area (Å²) in [7, 11) is 1.69. The first-order chi connectivity index (χ1) is 6.83. The summed E-state index contributed by atoms with van der Waals surface area (Å²) in [6.45, 7) is 3.96. The Morgan fingerprint density at radius 1 is 1.53 bits per heavy atom. The summed E-state index contributed by atoms with van der Waals surface area (Å²) in [4.78, 5) is 13.1. The highest BCUT2D eigenvalue weighted by Gasteiger charge is 2.44. The number of alkyl halides is 2. The molecule has 0 radical (unpaired) electrons. The maximum absolute atomic E-state index is 13.5. The van der Waals surface area contributed by atoms with Gasteiger partial charge in [0.2, 0.25) is 0 Å². The summed E-state index contributed by atoms with van der Waals surface area (Å²) in [5, 5.41) is 0. The second-order valence-electron chi connectivity index (χ2n) is 4.81. The Hall–Kier alpha value is -0.510. The molecule has 1 heterocycles. The lowest BCUT2D eigenvalue weighted by atomic mass is 9.86. The molecule has 0 aromatic heterocycles. The molecule has 88 valence electrons. The smallest absolute Gasteiger partial charge is 0.263 e. The van der Waals surface area contributed by atoms with Crippen molar-refractivity contribution in [1.82, 2.24) is 4.90 Å². The first-order valence-corrected chi connectivity index (χ1v) is 5.42. The lowest BCUT2D eigenvalue weighted by Gasteiger charge is -2.36. The molecule has 1 saturated heterocycles. The second kappa shape index (κ2) is 4.56. The third-order valence-electron chi connectivity index (χ3n) is 3.03. The summed E-state index contributed by atoms with van der Waals surface area (Å²) in [6, 6.07) is 0. The van der Waals surface area contributed by atoms with Gasteiger partial charge in [0.05, 0.1) is 6.54 Å². The third-order valence-corrected chi connectivity index (χ3v) is 3.03. The average molecular weight is 219 g/mol. The molecule has 1 atom stereocenters.